The topological polar surface area (TPSA) is 152 Å². The molecule has 1 saturated heterocycles. The second kappa shape index (κ2) is 5.94. The molecule has 10 nitrogen and oxygen atoms in total. The summed E-state index contributed by atoms with van der Waals surface area (Å²) in [7, 11) is 1.27. The minimum atomic E-state index is -1.55. The monoisotopic (exact) mass is 331 g/mol. The number of carbonyl (C=O) groups is 3. The maximum absolute atomic E-state index is 12.0. The number of carbonyl (C=O) groups excluding carboxylic acids is 1. The first-order chi connectivity index (χ1) is 10.3. The van der Waals surface area contributed by atoms with E-state index in [0.29, 0.717) is 0 Å². The Labute approximate surface area is 128 Å². The fraction of sp³-hybridized carbons (Fsp3) is 0.455. The molecule has 0 aliphatic carbocycles. The Bertz CT molecular complexity index is 590. The van der Waals surface area contributed by atoms with Crippen LogP contribution in [0.25, 0.3) is 0 Å². The second-order valence-electron chi connectivity index (χ2n) is 4.42. The highest BCUT2D eigenvalue weighted by Gasteiger charge is 2.63. The van der Waals surface area contributed by atoms with Crippen LogP contribution in [0.15, 0.2) is 16.4 Å². The first-order valence-corrected chi connectivity index (χ1v) is 7.00. The number of nitrogens with two attached hydrogens (primary N) is 1. The SMILES string of the molecule is CO[C@@]1(N)C(=O)N2C(C(=O)O)=C(C=NOCC(=O)O)CS[C@@H]21. The molecule has 1 amide bonds. The molecule has 0 aromatic carbocycles. The highest BCUT2D eigenvalue weighted by Crippen LogP contribution is 2.44. The average molecular weight is 331 g/mol. The molecule has 0 aromatic rings. The van der Waals surface area contributed by atoms with E-state index in [1.165, 1.54) is 18.9 Å². The van der Waals surface area contributed by atoms with Gasteiger partial charge >= 0.3 is 11.9 Å². The van der Waals surface area contributed by atoms with Crippen LogP contribution in [0.5, 0.6) is 0 Å². The number of nitrogens with zero attached hydrogens (tertiary/aromatic N) is 2. The number of carboxylic acids is 2. The molecule has 2 atom stereocenters. The van der Waals surface area contributed by atoms with Crippen molar-refractivity contribution in [2.45, 2.75) is 11.1 Å². The summed E-state index contributed by atoms with van der Waals surface area (Å²) in [6.45, 7) is -0.653. The van der Waals surface area contributed by atoms with Crippen LogP contribution in [-0.2, 0) is 24.0 Å². The number of β-lactam (4-membered cyclic amide) rings is 1. The molecular weight excluding hydrogens is 318 g/mol. The molecule has 0 unspecified atom stereocenters. The largest absolute Gasteiger partial charge is 0.479 e. The zero-order chi connectivity index (χ0) is 16.5. The van der Waals surface area contributed by atoms with Crippen molar-refractivity contribution in [3.63, 3.8) is 0 Å². The Balaban J connectivity index is 2.24. The second-order valence-corrected chi connectivity index (χ2v) is 5.48. The van der Waals surface area contributed by atoms with Crippen molar-refractivity contribution in [3.8, 4) is 0 Å². The van der Waals surface area contributed by atoms with Gasteiger partial charge < -0.3 is 19.8 Å². The van der Waals surface area contributed by atoms with E-state index in [0.717, 1.165) is 11.1 Å². The number of amides is 1. The Hall–Kier alpha value is -2.11. The van der Waals surface area contributed by atoms with Crippen molar-refractivity contribution < 1.29 is 34.2 Å². The van der Waals surface area contributed by atoms with E-state index in [2.05, 4.69) is 9.99 Å². The lowest BCUT2D eigenvalue weighted by atomic mass is 10.00. The van der Waals surface area contributed by atoms with Gasteiger partial charge in [-0.2, -0.15) is 0 Å². The summed E-state index contributed by atoms with van der Waals surface area (Å²) in [4.78, 5) is 39.2. The zero-order valence-corrected chi connectivity index (χ0v) is 12.2. The van der Waals surface area contributed by atoms with Crippen molar-refractivity contribution in [1.82, 2.24) is 4.90 Å². The standard InChI is InChI=1S/C11H13N3O7S/c1-20-11(12)9(19)14-7(8(17)18)5(4-22-10(11)14)2-13-21-3-6(15)16/h2,10H,3-4,12H2,1H3,(H,15,16)(H,17,18)/t10-,11+/m1/s1. The number of carboxylic acid groups (broad SMARTS) is 2. The number of thioether (sulfide) groups is 1. The summed E-state index contributed by atoms with van der Waals surface area (Å²) in [6.07, 6.45) is 1.08. The quantitative estimate of drug-likeness (QED) is 0.231. The molecule has 2 aliphatic rings. The summed E-state index contributed by atoms with van der Waals surface area (Å²) in [5.74, 6) is -3.00. The molecule has 2 rings (SSSR count). The molecule has 11 heteroatoms. The lowest BCUT2D eigenvalue weighted by Gasteiger charge is -2.53. The van der Waals surface area contributed by atoms with E-state index >= 15 is 0 Å². The van der Waals surface area contributed by atoms with Gasteiger partial charge in [-0.1, -0.05) is 5.16 Å². The van der Waals surface area contributed by atoms with Crippen LogP contribution in [0.3, 0.4) is 0 Å². The van der Waals surface area contributed by atoms with Crippen LogP contribution in [0.4, 0.5) is 0 Å². The van der Waals surface area contributed by atoms with Gasteiger partial charge in [0.05, 0.1) is 6.21 Å². The molecule has 2 heterocycles. The number of aliphatic carboxylic acids is 2. The molecule has 1 fully saturated rings. The minimum Gasteiger partial charge on any atom is -0.479 e. The molecule has 0 radical (unpaired) electrons. The van der Waals surface area contributed by atoms with E-state index in [9.17, 15) is 19.5 Å². The maximum Gasteiger partial charge on any atom is 0.353 e. The fourth-order valence-electron chi connectivity index (χ4n) is 2.06. The smallest absolute Gasteiger partial charge is 0.353 e. The predicted molar refractivity (Wildman–Crippen MR) is 73.8 cm³/mol. The van der Waals surface area contributed by atoms with Crippen molar-refractivity contribution in [3.05, 3.63) is 11.3 Å². The molecule has 0 saturated carbocycles. The lowest BCUT2D eigenvalue weighted by Crippen LogP contribution is -2.78. The predicted octanol–water partition coefficient (Wildman–Crippen LogP) is -1.37. The van der Waals surface area contributed by atoms with E-state index in [1.807, 2.05) is 0 Å². The van der Waals surface area contributed by atoms with Gasteiger partial charge in [0.15, 0.2) is 0 Å². The number of hydrogen-bond donors (Lipinski definition) is 3. The maximum atomic E-state index is 12.0. The summed E-state index contributed by atoms with van der Waals surface area (Å²) in [5.41, 5.74) is 4.19. The molecule has 4 N–H and O–H groups in total. The number of oxime groups is 1. The lowest BCUT2D eigenvalue weighted by molar-refractivity contribution is -0.182. The van der Waals surface area contributed by atoms with Crippen LogP contribution >= 0.6 is 11.8 Å². The summed E-state index contributed by atoms with van der Waals surface area (Å²) in [5, 5.41) is 20.5. The van der Waals surface area contributed by atoms with Crippen LogP contribution in [0, 0.1) is 0 Å². The third-order valence-electron chi connectivity index (χ3n) is 3.11. The van der Waals surface area contributed by atoms with Crippen molar-refractivity contribution >= 4 is 35.8 Å². The van der Waals surface area contributed by atoms with Gasteiger partial charge in [-0.3, -0.25) is 15.4 Å². The summed E-state index contributed by atoms with van der Waals surface area (Å²) in [6, 6.07) is 0. The van der Waals surface area contributed by atoms with Gasteiger partial charge in [-0.25, -0.2) is 9.59 Å². The number of methoxy groups -OCH3 is 1. The molecule has 2 aliphatic heterocycles. The molecule has 0 spiro atoms. The fourth-order valence-corrected chi connectivity index (χ4v) is 3.40. The normalized spacial score (nSPS) is 27.6. The van der Waals surface area contributed by atoms with E-state index in [-0.39, 0.29) is 17.0 Å². The molecule has 120 valence electrons. The van der Waals surface area contributed by atoms with Crippen LogP contribution in [-0.4, -0.2) is 69.7 Å². The molecule has 22 heavy (non-hydrogen) atoms. The summed E-state index contributed by atoms with van der Waals surface area (Å²) < 4.78 is 4.97. The van der Waals surface area contributed by atoms with Crippen LogP contribution in [0.1, 0.15) is 0 Å². The number of ether oxygens (including phenoxy) is 1. The first kappa shape index (κ1) is 16.3. The Morgan fingerprint density at radius 3 is 2.82 bits per heavy atom. The molecule has 0 bridgehead atoms. The number of hydrogen-bond acceptors (Lipinski definition) is 8. The number of fused-ring (bicyclic) bond motifs is 1. The Morgan fingerprint density at radius 1 is 1.59 bits per heavy atom. The average Bonchev–Trinajstić information content (AvgIpc) is 2.48. The van der Waals surface area contributed by atoms with Gasteiger partial charge in [0, 0.05) is 18.4 Å². The summed E-state index contributed by atoms with van der Waals surface area (Å²) >= 11 is 1.21. The van der Waals surface area contributed by atoms with Gasteiger partial charge in [-0.15, -0.1) is 11.8 Å². The Morgan fingerprint density at radius 2 is 2.27 bits per heavy atom. The van der Waals surface area contributed by atoms with E-state index < -0.39 is 35.6 Å². The molecular formula is C11H13N3O7S. The third-order valence-corrected chi connectivity index (χ3v) is 4.46. The first-order valence-electron chi connectivity index (χ1n) is 5.95. The highest BCUT2D eigenvalue weighted by atomic mass is 32.2. The minimum absolute atomic E-state index is 0.207. The van der Waals surface area contributed by atoms with Gasteiger partial charge in [0.1, 0.15) is 11.1 Å². The number of rotatable bonds is 6. The van der Waals surface area contributed by atoms with Gasteiger partial charge in [-0.05, 0) is 0 Å². The van der Waals surface area contributed by atoms with Crippen LogP contribution in [0.2, 0.25) is 0 Å². The van der Waals surface area contributed by atoms with E-state index in [1.54, 1.807) is 0 Å². The zero-order valence-electron chi connectivity index (χ0n) is 11.4. The molecule has 0 aromatic heterocycles. The Kier molecular flexibility index (Phi) is 4.39. The van der Waals surface area contributed by atoms with Crippen molar-refractivity contribution in [1.29, 1.82) is 0 Å². The van der Waals surface area contributed by atoms with Crippen molar-refractivity contribution in [2.75, 3.05) is 19.5 Å². The third kappa shape index (κ3) is 2.53. The van der Waals surface area contributed by atoms with Gasteiger partial charge in [0.2, 0.25) is 12.3 Å². The van der Waals surface area contributed by atoms with Crippen molar-refractivity contribution in [2.24, 2.45) is 10.9 Å². The van der Waals surface area contributed by atoms with Gasteiger partial charge in [0.25, 0.3) is 5.91 Å². The van der Waals surface area contributed by atoms with Crippen LogP contribution < -0.4 is 5.73 Å². The van der Waals surface area contributed by atoms with E-state index in [4.69, 9.17) is 15.6 Å². The highest BCUT2D eigenvalue weighted by molar-refractivity contribution is 8.00.